The van der Waals surface area contributed by atoms with Crippen LogP contribution in [0.2, 0.25) is 0 Å². The number of carbonyl (C=O) groups is 1. The molecule has 7 nitrogen and oxygen atoms in total. The molecular weight excluding hydrogens is 320 g/mol. The van der Waals surface area contributed by atoms with Crippen LogP contribution in [0.4, 0.5) is 0 Å². The second-order valence-corrected chi connectivity index (χ2v) is 6.42. The van der Waals surface area contributed by atoms with Gasteiger partial charge in [-0.1, -0.05) is 5.16 Å². The van der Waals surface area contributed by atoms with E-state index in [2.05, 4.69) is 15.1 Å². The SMILES string of the molecule is Cc1nccnc1CC[C@@H]1COCCN1C(=O)Cc1c(C)noc1C. The molecule has 7 heteroatoms. The average molecular weight is 344 g/mol. The summed E-state index contributed by atoms with van der Waals surface area (Å²) in [5.41, 5.74) is 3.59. The molecule has 1 saturated heterocycles. The van der Waals surface area contributed by atoms with E-state index in [-0.39, 0.29) is 11.9 Å². The van der Waals surface area contributed by atoms with Gasteiger partial charge in [0.25, 0.3) is 0 Å². The smallest absolute Gasteiger partial charge is 0.227 e. The highest BCUT2D eigenvalue weighted by Gasteiger charge is 2.28. The first-order chi connectivity index (χ1) is 12.1. The van der Waals surface area contributed by atoms with Crippen molar-refractivity contribution in [2.24, 2.45) is 0 Å². The van der Waals surface area contributed by atoms with Crippen LogP contribution in [-0.4, -0.2) is 51.7 Å². The molecule has 1 atom stereocenters. The van der Waals surface area contributed by atoms with E-state index < -0.39 is 0 Å². The second-order valence-electron chi connectivity index (χ2n) is 6.42. The molecule has 0 radical (unpaired) electrons. The quantitative estimate of drug-likeness (QED) is 0.822. The maximum atomic E-state index is 12.8. The Morgan fingerprint density at radius 2 is 2.04 bits per heavy atom. The van der Waals surface area contributed by atoms with E-state index >= 15 is 0 Å². The zero-order valence-electron chi connectivity index (χ0n) is 15.0. The normalized spacial score (nSPS) is 17.7. The molecule has 134 valence electrons. The van der Waals surface area contributed by atoms with Gasteiger partial charge in [0.05, 0.1) is 42.8 Å². The van der Waals surface area contributed by atoms with Gasteiger partial charge >= 0.3 is 0 Å². The van der Waals surface area contributed by atoms with Crippen molar-refractivity contribution >= 4 is 5.91 Å². The van der Waals surface area contributed by atoms with Crippen molar-refractivity contribution in [1.29, 1.82) is 0 Å². The number of morpholine rings is 1. The first-order valence-electron chi connectivity index (χ1n) is 8.61. The number of hydrogen-bond acceptors (Lipinski definition) is 6. The molecule has 3 rings (SSSR count). The van der Waals surface area contributed by atoms with Gasteiger partial charge in [-0.05, 0) is 33.6 Å². The molecule has 1 aliphatic heterocycles. The molecule has 0 saturated carbocycles. The molecule has 0 N–H and O–H groups in total. The highest BCUT2D eigenvalue weighted by atomic mass is 16.5. The van der Waals surface area contributed by atoms with E-state index in [1.165, 1.54) is 0 Å². The van der Waals surface area contributed by atoms with Gasteiger partial charge in [-0.15, -0.1) is 0 Å². The number of ether oxygens (including phenoxy) is 1. The molecule has 3 heterocycles. The maximum absolute atomic E-state index is 12.8. The molecule has 2 aromatic rings. The second kappa shape index (κ2) is 7.74. The van der Waals surface area contributed by atoms with E-state index in [1.54, 1.807) is 12.4 Å². The Kier molecular flexibility index (Phi) is 5.43. The summed E-state index contributed by atoms with van der Waals surface area (Å²) >= 11 is 0. The number of aryl methyl sites for hydroxylation is 4. The van der Waals surface area contributed by atoms with E-state index in [0.717, 1.165) is 35.5 Å². The van der Waals surface area contributed by atoms with Crippen LogP contribution in [-0.2, 0) is 22.4 Å². The van der Waals surface area contributed by atoms with Crippen LogP contribution in [0.3, 0.4) is 0 Å². The third-order valence-corrected chi connectivity index (χ3v) is 4.75. The summed E-state index contributed by atoms with van der Waals surface area (Å²) in [7, 11) is 0. The Morgan fingerprint density at radius 1 is 1.24 bits per heavy atom. The van der Waals surface area contributed by atoms with Gasteiger partial charge in [0.2, 0.25) is 5.91 Å². The summed E-state index contributed by atoms with van der Waals surface area (Å²) in [6, 6.07) is 0.0585. The number of nitrogens with zero attached hydrogens (tertiary/aromatic N) is 4. The van der Waals surface area contributed by atoms with Crippen LogP contribution in [0.5, 0.6) is 0 Å². The lowest BCUT2D eigenvalue weighted by molar-refractivity contribution is -0.139. The third-order valence-electron chi connectivity index (χ3n) is 4.75. The lowest BCUT2D eigenvalue weighted by Crippen LogP contribution is -2.49. The molecule has 2 aromatic heterocycles. The van der Waals surface area contributed by atoms with Crippen molar-refractivity contribution in [3.63, 3.8) is 0 Å². The largest absolute Gasteiger partial charge is 0.377 e. The van der Waals surface area contributed by atoms with E-state index in [1.807, 2.05) is 25.7 Å². The summed E-state index contributed by atoms with van der Waals surface area (Å²) in [4.78, 5) is 23.4. The minimum Gasteiger partial charge on any atom is -0.377 e. The van der Waals surface area contributed by atoms with Crippen LogP contribution >= 0.6 is 0 Å². The summed E-state index contributed by atoms with van der Waals surface area (Å²) < 4.78 is 10.8. The molecule has 0 unspecified atom stereocenters. The highest BCUT2D eigenvalue weighted by molar-refractivity contribution is 5.79. The molecule has 0 bridgehead atoms. The molecule has 0 aromatic carbocycles. The molecule has 1 amide bonds. The Labute approximate surface area is 147 Å². The minimum atomic E-state index is 0.0585. The van der Waals surface area contributed by atoms with Crippen LogP contribution in [0, 0.1) is 20.8 Å². The molecular formula is C18H24N4O3. The number of hydrogen-bond donors (Lipinski definition) is 0. The molecule has 25 heavy (non-hydrogen) atoms. The van der Waals surface area contributed by atoms with Crippen LogP contribution in [0.1, 0.15) is 34.8 Å². The Balaban J connectivity index is 1.66. The maximum Gasteiger partial charge on any atom is 0.227 e. The Hall–Kier alpha value is -2.28. The van der Waals surface area contributed by atoms with Crippen molar-refractivity contribution < 1.29 is 14.1 Å². The summed E-state index contributed by atoms with van der Waals surface area (Å²) in [5.74, 6) is 0.810. The van der Waals surface area contributed by atoms with Crippen molar-refractivity contribution in [2.45, 2.75) is 46.1 Å². The molecule has 1 fully saturated rings. The first kappa shape index (κ1) is 17.5. The van der Waals surface area contributed by atoms with E-state index in [4.69, 9.17) is 9.26 Å². The van der Waals surface area contributed by atoms with E-state index in [0.29, 0.717) is 31.9 Å². The predicted molar refractivity (Wildman–Crippen MR) is 91.1 cm³/mol. The topological polar surface area (TPSA) is 81.4 Å². The van der Waals surface area contributed by atoms with Crippen LogP contribution < -0.4 is 0 Å². The Morgan fingerprint density at radius 3 is 2.76 bits per heavy atom. The Bertz CT molecular complexity index is 724. The van der Waals surface area contributed by atoms with Gasteiger partial charge in [0, 0.05) is 24.5 Å². The summed E-state index contributed by atoms with van der Waals surface area (Å²) in [6.45, 7) is 7.43. The lowest BCUT2D eigenvalue weighted by Gasteiger charge is -2.36. The van der Waals surface area contributed by atoms with Crippen molar-refractivity contribution in [1.82, 2.24) is 20.0 Å². The summed E-state index contributed by atoms with van der Waals surface area (Å²) in [6.07, 6.45) is 5.32. The molecule has 0 spiro atoms. The van der Waals surface area contributed by atoms with E-state index in [9.17, 15) is 4.79 Å². The lowest BCUT2D eigenvalue weighted by atomic mass is 10.0. The third kappa shape index (κ3) is 4.04. The monoisotopic (exact) mass is 344 g/mol. The first-order valence-corrected chi connectivity index (χ1v) is 8.61. The van der Waals surface area contributed by atoms with Gasteiger partial charge in [-0.3, -0.25) is 14.8 Å². The van der Waals surface area contributed by atoms with Gasteiger partial charge < -0.3 is 14.2 Å². The average Bonchev–Trinajstić information content (AvgIpc) is 2.93. The number of amides is 1. The van der Waals surface area contributed by atoms with Crippen molar-refractivity contribution in [3.8, 4) is 0 Å². The van der Waals surface area contributed by atoms with Gasteiger partial charge in [-0.2, -0.15) is 0 Å². The van der Waals surface area contributed by atoms with Crippen LogP contribution in [0.25, 0.3) is 0 Å². The molecule has 0 aliphatic carbocycles. The highest BCUT2D eigenvalue weighted by Crippen LogP contribution is 2.19. The van der Waals surface area contributed by atoms with Crippen molar-refractivity contribution in [3.05, 3.63) is 40.8 Å². The van der Waals surface area contributed by atoms with Crippen molar-refractivity contribution in [2.75, 3.05) is 19.8 Å². The predicted octanol–water partition coefficient (Wildman–Crippen LogP) is 1.79. The zero-order valence-corrected chi connectivity index (χ0v) is 15.0. The van der Waals surface area contributed by atoms with Gasteiger partial charge in [0.15, 0.2) is 0 Å². The standard InChI is InChI=1S/C18H24N4O3/c1-12-16(14(3)25-21-12)10-18(23)22-8-9-24-11-15(22)4-5-17-13(2)19-6-7-20-17/h6-7,15H,4-5,8-11H2,1-3H3/t15-/m1/s1. The van der Waals surface area contributed by atoms with Gasteiger partial charge in [-0.25, -0.2) is 0 Å². The number of carbonyl (C=O) groups excluding carboxylic acids is 1. The fourth-order valence-corrected chi connectivity index (χ4v) is 3.21. The number of rotatable bonds is 5. The fraction of sp³-hybridized carbons (Fsp3) is 0.556. The minimum absolute atomic E-state index is 0.0585. The fourth-order valence-electron chi connectivity index (χ4n) is 3.21. The van der Waals surface area contributed by atoms with Crippen LogP contribution in [0.15, 0.2) is 16.9 Å². The number of aromatic nitrogens is 3. The molecule has 1 aliphatic rings. The van der Waals surface area contributed by atoms with Gasteiger partial charge in [0.1, 0.15) is 5.76 Å². The summed E-state index contributed by atoms with van der Waals surface area (Å²) in [5, 5.41) is 3.93. The zero-order chi connectivity index (χ0) is 17.8.